The Morgan fingerprint density at radius 1 is 1.19 bits per heavy atom. The second kappa shape index (κ2) is 9.11. The zero-order chi connectivity index (χ0) is 21.8. The van der Waals surface area contributed by atoms with E-state index in [0.29, 0.717) is 31.7 Å². The van der Waals surface area contributed by atoms with E-state index in [-0.39, 0.29) is 23.3 Å². The molecule has 1 saturated heterocycles. The monoisotopic (exact) mass is 441 g/mol. The van der Waals surface area contributed by atoms with Gasteiger partial charge in [-0.05, 0) is 55.2 Å². The van der Waals surface area contributed by atoms with E-state index < -0.39 is 10.0 Å². The molecule has 8 heteroatoms. The number of ether oxygens (including phenoxy) is 1. The van der Waals surface area contributed by atoms with Crippen molar-refractivity contribution in [2.45, 2.75) is 24.2 Å². The maximum Gasteiger partial charge on any atom is 0.243 e. The normalized spacial score (nSPS) is 17.5. The number of hydrogen-bond donors (Lipinski definition) is 2. The van der Waals surface area contributed by atoms with Crippen molar-refractivity contribution in [3.8, 4) is 5.75 Å². The first-order chi connectivity index (χ1) is 15.0. The van der Waals surface area contributed by atoms with E-state index in [1.165, 1.54) is 11.4 Å². The van der Waals surface area contributed by atoms with Gasteiger partial charge in [-0.1, -0.05) is 18.2 Å². The summed E-state index contributed by atoms with van der Waals surface area (Å²) < 4.78 is 32.5. The van der Waals surface area contributed by atoms with E-state index in [9.17, 15) is 13.2 Å². The summed E-state index contributed by atoms with van der Waals surface area (Å²) in [6.45, 7) is 1.14. The number of piperidine rings is 1. The van der Waals surface area contributed by atoms with Crippen LogP contribution in [0.15, 0.2) is 59.6 Å². The first kappa shape index (κ1) is 21.4. The van der Waals surface area contributed by atoms with E-state index >= 15 is 0 Å². The Balaban J connectivity index is 1.35. The fourth-order valence-corrected chi connectivity index (χ4v) is 5.60. The van der Waals surface area contributed by atoms with Crippen molar-refractivity contribution in [2.75, 3.05) is 26.7 Å². The summed E-state index contributed by atoms with van der Waals surface area (Å²) in [5.41, 5.74) is 2.23. The SMILES string of the molecule is COc1ccc(S(=O)(=O)N2CCCC(C(=O)NCCc3c[nH]c4ccccc34)C2)cc1. The second-order valence-corrected chi connectivity index (χ2v) is 9.72. The number of para-hydroxylation sites is 1. The fourth-order valence-electron chi connectivity index (χ4n) is 4.07. The number of H-pyrrole nitrogens is 1. The largest absolute Gasteiger partial charge is 0.497 e. The third kappa shape index (κ3) is 4.60. The van der Waals surface area contributed by atoms with Crippen molar-refractivity contribution < 1.29 is 17.9 Å². The molecular weight excluding hydrogens is 414 g/mol. The van der Waals surface area contributed by atoms with Crippen molar-refractivity contribution in [2.24, 2.45) is 5.92 Å². The van der Waals surface area contributed by atoms with Crippen LogP contribution in [0.25, 0.3) is 10.9 Å². The molecule has 0 saturated carbocycles. The molecule has 164 valence electrons. The van der Waals surface area contributed by atoms with Crippen LogP contribution in [0, 0.1) is 5.92 Å². The van der Waals surface area contributed by atoms with Crippen molar-refractivity contribution in [3.05, 3.63) is 60.3 Å². The number of sulfonamides is 1. The molecule has 1 aliphatic heterocycles. The topological polar surface area (TPSA) is 91.5 Å². The smallest absolute Gasteiger partial charge is 0.243 e. The second-order valence-electron chi connectivity index (χ2n) is 7.78. The summed E-state index contributed by atoms with van der Waals surface area (Å²) in [6.07, 6.45) is 4.04. The maximum absolute atomic E-state index is 13.0. The number of benzene rings is 2. The lowest BCUT2D eigenvalue weighted by atomic mass is 9.99. The number of carbonyl (C=O) groups is 1. The van der Waals surface area contributed by atoms with Crippen molar-refractivity contribution in [1.82, 2.24) is 14.6 Å². The maximum atomic E-state index is 13.0. The van der Waals surface area contributed by atoms with Gasteiger partial charge in [0.25, 0.3) is 0 Å². The number of carbonyl (C=O) groups excluding carboxylic acids is 1. The van der Waals surface area contributed by atoms with Gasteiger partial charge in [0.15, 0.2) is 0 Å². The lowest BCUT2D eigenvalue weighted by Crippen LogP contribution is -2.45. The number of nitrogens with one attached hydrogen (secondary N) is 2. The van der Waals surface area contributed by atoms with Gasteiger partial charge in [-0.3, -0.25) is 4.79 Å². The minimum Gasteiger partial charge on any atom is -0.497 e. The Kier molecular flexibility index (Phi) is 6.29. The molecule has 0 spiro atoms. The summed E-state index contributed by atoms with van der Waals surface area (Å²) in [5.74, 6) is 0.171. The minimum absolute atomic E-state index is 0.0885. The molecule has 1 aromatic heterocycles. The summed E-state index contributed by atoms with van der Waals surface area (Å²) in [7, 11) is -2.10. The molecule has 31 heavy (non-hydrogen) atoms. The molecule has 2 heterocycles. The van der Waals surface area contributed by atoms with E-state index in [0.717, 1.165) is 22.9 Å². The Labute approximate surface area is 182 Å². The van der Waals surface area contributed by atoms with Gasteiger partial charge in [-0.15, -0.1) is 0 Å². The Morgan fingerprint density at radius 2 is 1.97 bits per heavy atom. The van der Waals surface area contributed by atoms with Crippen molar-refractivity contribution >= 4 is 26.8 Å². The van der Waals surface area contributed by atoms with Crippen LogP contribution in [0.5, 0.6) is 5.75 Å². The molecule has 2 N–H and O–H groups in total. The first-order valence-electron chi connectivity index (χ1n) is 10.5. The Hall–Kier alpha value is -2.84. The van der Waals surface area contributed by atoms with Gasteiger partial charge in [0.1, 0.15) is 5.75 Å². The number of hydrogen-bond acceptors (Lipinski definition) is 4. The standard InChI is InChI=1S/C23H27N3O4S/c1-30-19-8-10-20(11-9-19)31(28,29)26-14-4-5-18(16-26)23(27)24-13-12-17-15-25-22-7-3-2-6-21(17)22/h2-3,6-11,15,18,25H,4-5,12-14,16H2,1H3,(H,24,27). The molecule has 4 rings (SSSR count). The van der Waals surface area contributed by atoms with Gasteiger partial charge in [0, 0.05) is 36.7 Å². The van der Waals surface area contributed by atoms with Crippen LogP contribution in [-0.4, -0.2) is 50.4 Å². The number of rotatable bonds is 7. The van der Waals surface area contributed by atoms with E-state index in [1.807, 2.05) is 24.4 Å². The zero-order valence-electron chi connectivity index (χ0n) is 17.5. The molecule has 1 amide bonds. The van der Waals surface area contributed by atoms with Gasteiger partial charge in [0.05, 0.1) is 17.9 Å². The molecule has 1 fully saturated rings. The van der Waals surface area contributed by atoms with Gasteiger partial charge >= 0.3 is 0 Å². The van der Waals surface area contributed by atoms with Crippen LogP contribution in [0.2, 0.25) is 0 Å². The highest BCUT2D eigenvalue weighted by Gasteiger charge is 2.33. The lowest BCUT2D eigenvalue weighted by Gasteiger charge is -2.31. The van der Waals surface area contributed by atoms with Crippen LogP contribution in [-0.2, 0) is 21.2 Å². The number of nitrogens with zero attached hydrogens (tertiary/aromatic N) is 1. The summed E-state index contributed by atoms with van der Waals surface area (Å²) in [4.78, 5) is 16.2. The van der Waals surface area contributed by atoms with Crippen molar-refractivity contribution in [1.29, 1.82) is 0 Å². The van der Waals surface area contributed by atoms with E-state index in [4.69, 9.17) is 4.74 Å². The highest BCUT2D eigenvalue weighted by molar-refractivity contribution is 7.89. The van der Waals surface area contributed by atoms with Crippen LogP contribution in [0.3, 0.4) is 0 Å². The molecular formula is C23H27N3O4S. The average molecular weight is 442 g/mol. The number of aromatic nitrogens is 1. The predicted octanol–water partition coefficient (Wildman–Crippen LogP) is 2.94. The van der Waals surface area contributed by atoms with Gasteiger partial charge in [0.2, 0.25) is 15.9 Å². The number of methoxy groups -OCH3 is 1. The molecule has 1 atom stereocenters. The van der Waals surface area contributed by atoms with Gasteiger partial charge in [-0.2, -0.15) is 4.31 Å². The quantitative estimate of drug-likeness (QED) is 0.590. The lowest BCUT2D eigenvalue weighted by molar-refractivity contribution is -0.126. The van der Waals surface area contributed by atoms with Crippen LogP contribution in [0.1, 0.15) is 18.4 Å². The molecule has 0 bridgehead atoms. The van der Waals surface area contributed by atoms with Gasteiger partial charge in [-0.25, -0.2) is 8.42 Å². The van der Waals surface area contributed by atoms with Crippen LogP contribution < -0.4 is 10.1 Å². The third-order valence-electron chi connectivity index (χ3n) is 5.82. The third-order valence-corrected chi connectivity index (χ3v) is 7.70. The highest BCUT2D eigenvalue weighted by atomic mass is 32.2. The zero-order valence-corrected chi connectivity index (χ0v) is 18.3. The average Bonchev–Trinajstić information content (AvgIpc) is 3.22. The Bertz CT molecular complexity index is 1160. The molecule has 1 unspecified atom stereocenters. The van der Waals surface area contributed by atoms with Gasteiger partial charge < -0.3 is 15.0 Å². The molecule has 7 nitrogen and oxygen atoms in total. The number of fused-ring (bicyclic) bond motifs is 1. The molecule has 1 aliphatic rings. The summed E-state index contributed by atoms with van der Waals surface area (Å²) in [6, 6.07) is 14.4. The Morgan fingerprint density at radius 3 is 2.74 bits per heavy atom. The minimum atomic E-state index is -3.64. The van der Waals surface area contributed by atoms with Crippen LogP contribution >= 0.6 is 0 Å². The van der Waals surface area contributed by atoms with Crippen molar-refractivity contribution in [3.63, 3.8) is 0 Å². The molecule has 0 radical (unpaired) electrons. The first-order valence-corrected chi connectivity index (χ1v) is 11.9. The fraction of sp³-hybridized carbons (Fsp3) is 0.348. The van der Waals surface area contributed by atoms with Crippen LogP contribution in [0.4, 0.5) is 0 Å². The number of amides is 1. The van der Waals surface area contributed by atoms with E-state index in [1.54, 1.807) is 24.3 Å². The highest BCUT2D eigenvalue weighted by Crippen LogP contribution is 2.25. The van der Waals surface area contributed by atoms with E-state index in [2.05, 4.69) is 16.4 Å². The predicted molar refractivity (Wildman–Crippen MR) is 119 cm³/mol. The number of aromatic amines is 1. The molecule has 3 aromatic rings. The molecule has 2 aromatic carbocycles. The molecule has 0 aliphatic carbocycles. The summed E-state index contributed by atoms with van der Waals surface area (Å²) >= 11 is 0. The summed E-state index contributed by atoms with van der Waals surface area (Å²) in [5, 5.41) is 4.15.